The first kappa shape index (κ1) is 33.9. The van der Waals surface area contributed by atoms with Crippen LogP contribution in [-0.4, -0.2) is 96.3 Å². The Morgan fingerprint density at radius 1 is 1.12 bits per heavy atom. The smallest absolute Gasteiger partial charge is 0.389 e. The van der Waals surface area contributed by atoms with E-state index in [-0.39, 0.29) is 86.1 Å². The molecule has 1 amide bonds. The van der Waals surface area contributed by atoms with Gasteiger partial charge in [-0.1, -0.05) is 12.6 Å². The van der Waals surface area contributed by atoms with Gasteiger partial charge >= 0.3 is 6.18 Å². The Hall–Kier alpha value is -4.59. The van der Waals surface area contributed by atoms with E-state index in [2.05, 4.69) is 16.5 Å². The fraction of sp³-hybridized carbons (Fsp3) is 0.412. The second kappa shape index (κ2) is 12.3. The summed E-state index contributed by atoms with van der Waals surface area (Å²) in [7, 11) is 1.66. The number of alkyl halides is 3. The van der Waals surface area contributed by atoms with E-state index in [4.69, 9.17) is 15.5 Å². The average molecular weight is 713 g/mol. The van der Waals surface area contributed by atoms with Crippen molar-refractivity contribution in [2.24, 2.45) is 0 Å². The molecule has 2 atom stereocenters. The highest BCUT2D eigenvalue weighted by atomic mass is 32.1. The molecule has 0 radical (unpaired) electrons. The third-order valence-corrected chi connectivity index (χ3v) is 11.0. The van der Waals surface area contributed by atoms with Crippen molar-refractivity contribution in [3.8, 4) is 17.2 Å². The van der Waals surface area contributed by atoms with Crippen molar-refractivity contribution >= 4 is 55.0 Å². The number of hydrogen-bond acceptors (Lipinski definition) is 10. The number of thiophene rings is 1. The Balaban J connectivity index is 1.43. The van der Waals surface area contributed by atoms with Gasteiger partial charge in [0.15, 0.2) is 5.82 Å². The van der Waals surface area contributed by atoms with Gasteiger partial charge in [0.2, 0.25) is 11.9 Å². The van der Waals surface area contributed by atoms with Gasteiger partial charge in [0.05, 0.1) is 21.9 Å². The predicted octanol–water partition coefficient (Wildman–Crippen LogP) is 5.39. The fourth-order valence-electron chi connectivity index (χ4n) is 7.17. The van der Waals surface area contributed by atoms with Crippen molar-refractivity contribution < 1.29 is 31.5 Å². The molecule has 0 saturated carbocycles. The van der Waals surface area contributed by atoms with Crippen LogP contribution in [0.3, 0.4) is 0 Å². The number of benzene rings is 2. The van der Waals surface area contributed by atoms with Crippen LogP contribution in [0.2, 0.25) is 0 Å². The maximum Gasteiger partial charge on any atom is 0.417 e. The highest BCUT2D eigenvalue weighted by molar-refractivity contribution is 7.23. The summed E-state index contributed by atoms with van der Waals surface area (Å²) in [6.07, 6.45) is -3.72. The van der Waals surface area contributed by atoms with Crippen LogP contribution in [0.4, 0.5) is 38.7 Å². The van der Waals surface area contributed by atoms with Crippen LogP contribution in [0.5, 0.6) is 0 Å². The molecule has 2 unspecified atom stereocenters. The van der Waals surface area contributed by atoms with Gasteiger partial charge in [-0.05, 0) is 37.6 Å². The highest BCUT2D eigenvalue weighted by Gasteiger charge is 2.42. The zero-order chi connectivity index (χ0) is 35.8. The van der Waals surface area contributed by atoms with E-state index in [0.717, 1.165) is 31.3 Å². The molecule has 7 rings (SSSR count). The van der Waals surface area contributed by atoms with Crippen LogP contribution in [0, 0.1) is 23.0 Å². The van der Waals surface area contributed by atoms with Crippen LogP contribution >= 0.6 is 11.3 Å². The number of rotatable bonds is 6. The molecule has 3 aliphatic heterocycles. The maximum atomic E-state index is 17.1. The molecule has 3 saturated heterocycles. The fourth-order valence-corrected chi connectivity index (χ4v) is 8.12. The average Bonchev–Trinajstić information content (AvgIpc) is 3.38. The number of nitrogens with two attached hydrogens (primary N) is 1. The van der Waals surface area contributed by atoms with Crippen LogP contribution in [0.1, 0.15) is 25.0 Å². The lowest BCUT2D eigenvalue weighted by atomic mass is 9.92. The van der Waals surface area contributed by atoms with Crippen molar-refractivity contribution in [2.45, 2.75) is 44.3 Å². The van der Waals surface area contributed by atoms with Gasteiger partial charge in [-0.2, -0.15) is 23.4 Å². The van der Waals surface area contributed by atoms with Crippen molar-refractivity contribution in [3.05, 3.63) is 53.6 Å². The quantitative estimate of drug-likeness (QED) is 0.208. The Morgan fingerprint density at radius 2 is 1.84 bits per heavy atom. The molecule has 2 aromatic heterocycles. The van der Waals surface area contributed by atoms with Gasteiger partial charge in [0.1, 0.15) is 28.2 Å². The van der Waals surface area contributed by atoms with Crippen molar-refractivity contribution in [2.75, 3.05) is 61.9 Å². The van der Waals surface area contributed by atoms with Gasteiger partial charge in [0, 0.05) is 80.8 Å². The van der Waals surface area contributed by atoms with Gasteiger partial charge in [-0.3, -0.25) is 9.69 Å². The largest absolute Gasteiger partial charge is 0.417 e. The number of halogens is 5. The predicted molar refractivity (Wildman–Crippen MR) is 181 cm³/mol. The normalized spacial score (nSPS) is 20.7. The first-order valence-corrected chi connectivity index (χ1v) is 16.8. The minimum atomic E-state index is -5.08. The van der Waals surface area contributed by atoms with Crippen LogP contribution < -0.4 is 15.5 Å². The van der Waals surface area contributed by atoms with Crippen molar-refractivity contribution in [3.63, 3.8) is 0 Å². The number of ether oxygens (including phenoxy) is 1. The molecule has 3 fully saturated rings. The number of carbonyl (C=O) groups excluding carboxylic acids is 1. The standard InChI is InChI=1S/C34H33F5N8O2S/c1-5-25(48)46-10-17(3)47(11-16(46)2)32-21-8-23(34(37,38)39)27(20-6-7-24(35)30-26(20)22(9-40)31(41)50-30)28(36)29(21)42-33(43-32)45-12-18(13-45)44-14-19(15-44)49-4/h5-8,16-19H,1,10-15,41H2,2-4H3. The second-order valence-electron chi connectivity index (χ2n) is 13.0. The number of amides is 1. The number of likely N-dealkylation sites (tertiary alicyclic amines) is 1. The zero-order valence-electron chi connectivity index (χ0n) is 27.4. The number of aromatic nitrogens is 2. The number of carbonyl (C=O) groups is 1. The topological polar surface area (TPSA) is 115 Å². The summed E-state index contributed by atoms with van der Waals surface area (Å²) < 4.78 is 82.4. The lowest BCUT2D eigenvalue weighted by molar-refractivity contribution is -0.137. The van der Waals surface area contributed by atoms with Crippen molar-refractivity contribution in [1.29, 1.82) is 5.26 Å². The molecule has 0 spiro atoms. The summed E-state index contributed by atoms with van der Waals surface area (Å²) in [5, 5.41) is 9.37. The van der Waals surface area contributed by atoms with Gasteiger partial charge in [-0.25, -0.2) is 13.8 Å². The zero-order valence-corrected chi connectivity index (χ0v) is 28.2. The van der Waals surface area contributed by atoms with E-state index in [9.17, 15) is 14.4 Å². The monoisotopic (exact) mass is 712 g/mol. The summed E-state index contributed by atoms with van der Waals surface area (Å²) >= 11 is 0.706. The third-order valence-electron chi connectivity index (χ3n) is 9.99. The van der Waals surface area contributed by atoms with E-state index in [1.165, 1.54) is 6.08 Å². The summed E-state index contributed by atoms with van der Waals surface area (Å²) in [6.45, 7) is 10.2. The Kier molecular flexibility index (Phi) is 8.35. The Morgan fingerprint density at radius 3 is 2.48 bits per heavy atom. The molecule has 262 valence electrons. The molecule has 16 heteroatoms. The summed E-state index contributed by atoms with van der Waals surface area (Å²) in [5.74, 6) is -2.13. The van der Waals surface area contributed by atoms with Crippen LogP contribution in [0.15, 0.2) is 30.9 Å². The van der Waals surface area contributed by atoms with E-state index in [1.54, 1.807) is 16.9 Å². The molecular weight excluding hydrogens is 679 g/mol. The molecule has 4 aromatic rings. The number of nitrogens with zero attached hydrogens (tertiary/aromatic N) is 7. The Bertz CT molecular complexity index is 2090. The van der Waals surface area contributed by atoms with E-state index in [1.807, 2.05) is 24.8 Å². The maximum absolute atomic E-state index is 17.1. The number of nitrogen functional groups attached to an aromatic ring is 1. The number of piperazine rings is 1. The number of nitriles is 1. The molecule has 2 N–H and O–H groups in total. The van der Waals surface area contributed by atoms with E-state index in [0.29, 0.717) is 24.4 Å². The molecule has 3 aliphatic rings. The van der Waals surface area contributed by atoms with E-state index < -0.39 is 35.0 Å². The Labute approximate surface area is 288 Å². The molecule has 10 nitrogen and oxygen atoms in total. The van der Waals surface area contributed by atoms with E-state index >= 15 is 17.6 Å². The lowest BCUT2D eigenvalue weighted by Gasteiger charge is -2.51. The summed E-state index contributed by atoms with van der Waals surface area (Å²) in [4.78, 5) is 29.4. The molecular formula is C34H33F5N8O2S. The molecule has 2 aromatic carbocycles. The van der Waals surface area contributed by atoms with Crippen LogP contribution in [-0.2, 0) is 15.7 Å². The molecule has 50 heavy (non-hydrogen) atoms. The molecule has 0 aliphatic carbocycles. The number of anilines is 3. The second-order valence-corrected chi connectivity index (χ2v) is 14.1. The molecule has 5 heterocycles. The minimum Gasteiger partial charge on any atom is -0.389 e. The SMILES string of the molecule is C=CC(=O)N1CC(C)N(c2nc(N3CC(N4CC(OC)C4)C3)nc3c(F)c(-c4ccc(F)c5sc(N)c(C#N)c45)c(C(F)(F)F)cc23)CC1C. The number of methoxy groups -OCH3 is 1. The van der Waals surface area contributed by atoms with Gasteiger partial charge in [0.25, 0.3) is 0 Å². The third kappa shape index (κ3) is 5.39. The first-order chi connectivity index (χ1) is 23.7. The van der Waals surface area contributed by atoms with Gasteiger partial charge in [-0.15, -0.1) is 11.3 Å². The number of fused-ring (bicyclic) bond motifs is 2. The molecule has 0 bridgehead atoms. The first-order valence-electron chi connectivity index (χ1n) is 16.0. The summed E-state index contributed by atoms with van der Waals surface area (Å²) in [5.41, 5.74) is 2.85. The van der Waals surface area contributed by atoms with Crippen molar-refractivity contribution in [1.82, 2.24) is 19.8 Å². The number of hydrogen-bond donors (Lipinski definition) is 1. The van der Waals surface area contributed by atoms with Gasteiger partial charge < -0.3 is 25.2 Å². The lowest BCUT2D eigenvalue weighted by Crippen LogP contribution is -2.67. The minimum absolute atomic E-state index is 0.0968. The highest BCUT2D eigenvalue weighted by Crippen LogP contribution is 2.48. The van der Waals surface area contributed by atoms with Crippen LogP contribution in [0.25, 0.3) is 32.1 Å². The summed E-state index contributed by atoms with van der Waals surface area (Å²) in [6, 6.07) is 4.03.